The van der Waals surface area contributed by atoms with Gasteiger partial charge in [0.1, 0.15) is 11.6 Å². The van der Waals surface area contributed by atoms with Gasteiger partial charge in [0.05, 0.1) is 25.9 Å². The molecule has 174 valence electrons. The molecule has 0 bridgehead atoms. The Hall–Kier alpha value is -2.16. The lowest BCUT2D eigenvalue weighted by Gasteiger charge is -2.27. The smallest absolute Gasteiger partial charge is 0.163 e. The molecule has 0 radical (unpaired) electrons. The Morgan fingerprint density at radius 1 is 1.03 bits per heavy atom. The SMILES string of the molecule is COc1cc2c(NCN3CCNCC3)nc(C3CC3)nc2cc1OCCCN1CCCC1. The van der Waals surface area contributed by atoms with Crippen LogP contribution in [0.4, 0.5) is 5.82 Å². The van der Waals surface area contributed by atoms with Crippen LogP contribution in [0.25, 0.3) is 10.9 Å². The predicted octanol–water partition coefficient (Wildman–Crippen LogP) is 2.66. The van der Waals surface area contributed by atoms with Crippen LogP contribution < -0.4 is 20.1 Å². The van der Waals surface area contributed by atoms with Gasteiger partial charge in [0.2, 0.25) is 0 Å². The lowest BCUT2D eigenvalue weighted by molar-refractivity contribution is 0.254. The molecule has 2 saturated heterocycles. The van der Waals surface area contributed by atoms with Crippen LogP contribution in [-0.4, -0.2) is 86.0 Å². The van der Waals surface area contributed by atoms with Crippen LogP contribution in [0.1, 0.15) is 43.8 Å². The Morgan fingerprint density at radius 2 is 1.84 bits per heavy atom. The third kappa shape index (κ3) is 5.24. The summed E-state index contributed by atoms with van der Waals surface area (Å²) >= 11 is 0. The number of benzene rings is 1. The van der Waals surface area contributed by atoms with Gasteiger partial charge in [-0.1, -0.05) is 0 Å². The quantitative estimate of drug-likeness (QED) is 0.546. The van der Waals surface area contributed by atoms with E-state index in [4.69, 9.17) is 19.4 Å². The first-order valence-corrected chi connectivity index (χ1v) is 12.2. The number of likely N-dealkylation sites (tertiary alicyclic amines) is 1. The molecular weight excluding hydrogens is 404 g/mol. The summed E-state index contributed by atoms with van der Waals surface area (Å²) in [5.41, 5.74) is 0.931. The molecule has 5 rings (SSSR count). The van der Waals surface area contributed by atoms with E-state index in [9.17, 15) is 0 Å². The second kappa shape index (κ2) is 10.2. The fourth-order valence-corrected chi connectivity index (χ4v) is 4.62. The van der Waals surface area contributed by atoms with Crippen molar-refractivity contribution in [2.24, 2.45) is 0 Å². The molecule has 3 fully saturated rings. The fraction of sp³-hybridized carbons (Fsp3) is 0.667. The van der Waals surface area contributed by atoms with Crippen LogP contribution in [-0.2, 0) is 0 Å². The average molecular weight is 441 g/mol. The van der Waals surface area contributed by atoms with E-state index in [1.807, 2.05) is 12.1 Å². The van der Waals surface area contributed by atoms with Gasteiger partial charge in [-0.05, 0) is 51.3 Å². The molecule has 3 heterocycles. The second-order valence-corrected chi connectivity index (χ2v) is 9.18. The number of piperazine rings is 1. The van der Waals surface area contributed by atoms with E-state index in [0.29, 0.717) is 12.5 Å². The van der Waals surface area contributed by atoms with Gasteiger partial charge < -0.3 is 25.0 Å². The number of fused-ring (bicyclic) bond motifs is 1. The highest BCUT2D eigenvalue weighted by molar-refractivity contribution is 5.92. The van der Waals surface area contributed by atoms with E-state index < -0.39 is 0 Å². The van der Waals surface area contributed by atoms with Crippen LogP contribution in [0.3, 0.4) is 0 Å². The van der Waals surface area contributed by atoms with Crippen molar-refractivity contribution in [3.8, 4) is 11.5 Å². The molecule has 2 aromatic rings. The number of aromatic nitrogens is 2. The van der Waals surface area contributed by atoms with Gasteiger partial charge in [-0.2, -0.15) is 0 Å². The van der Waals surface area contributed by atoms with E-state index in [-0.39, 0.29) is 0 Å². The molecule has 8 nitrogen and oxygen atoms in total. The number of rotatable bonds is 10. The molecular formula is C24H36N6O2. The Labute approximate surface area is 190 Å². The largest absolute Gasteiger partial charge is 0.493 e. The normalized spacial score (nSPS) is 20.0. The van der Waals surface area contributed by atoms with E-state index in [0.717, 1.165) is 79.9 Å². The third-order valence-corrected chi connectivity index (χ3v) is 6.70. The first kappa shape index (κ1) is 21.7. The predicted molar refractivity (Wildman–Crippen MR) is 127 cm³/mol. The van der Waals surface area contributed by atoms with Crippen molar-refractivity contribution < 1.29 is 9.47 Å². The summed E-state index contributed by atoms with van der Waals surface area (Å²) in [4.78, 5) is 14.7. The summed E-state index contributed by atoms with van der Waals surface area (Å²) in [6.07, 6.45) is 6.04. The van der Waals surface area contributed by atoms with Crippen LogP contribution in [0.15, 0.2) is 12.1 Å². The maximum absolute atomic E-state index is 6.16. The Balaban J connectivity index is 1.33. The number of methoxy groups -OCH3 is 1. The van der Waals surface area contributed by atoms with Crippen molar-refractivity contribution in [3.63, 3.8) is 0 Å². The first-order valence-electron chi connectivity index (χ1n) is 12.2. The van der Waals surface area contributed by atoms with Gasteiger partial charge in [-0.3, -0.25) is 4.90 Å². The summed E-state index contributed by atoms with van der Waals surface area (Å²) in [5.74, 6) is 3.85. The summed E-state index contributed by atoms with van der Waals surface area (Å²) in [5, 5.41) is 7.98. The lowest BCUT2D eigenvalue weighted by atomic mass is 10.2. The van der Waals surface area contributed by atoms with Gasteiger partial charge in [0, 0.05) is 50.1 Å². The van der Waals surface area contributed by atoms with Crippen molar-refractivity contribution in [1.29, 1.82) is 0 Å². The molecule has 0 unspecified atom stereocenters. The topological polar surface area (TPSA) is 74.8 Å². The number of nitrogens with zero attached hydrogens (tertiary/aromatic N) is 4. The minimum atomic E-state index is 0.492. The Morgan fingerprint density at radius 3 is 2.59 bits per heavy atom. The van der Waals surface area contributed by atoms with Crippen molar-refractivity contribution in [1.82, 2.24) is 25.1 Å². The molecule has 8 heteroatoms. The number of ether oxygens (including phenoxy) is 2. The van der Waals surface area contributed by atoms with E-state index >= 15 is 0 Å². The van der Waals surface area contributed by atoms with Crippen molar-refractivity contribution in [2.45, 2.75) is 38.0 Å². The molecule has 0 amide bonds. The molecule has 0 atom stereocenters. The molecule has 1 aromatic carbocycles. The second-order valence-electron chi connectivity index (χ2n) is 9.18. The van der Waals surface area contributed by atoms with Crippen LogP contribution in [0, 0.1) is 0 Å². The van der Waals surface area contributed by atoms with E-state index in [1.165, 1.54) is 38.8 Å². The van der Waals surface area contributed by atoms with Crippen molar-refractivity contribution in [3.05, 3.63) is 18.0 Å². The molecule has 1 aromatic heterocycles. The zero-order valence-electron chi connectivity index (χ0n) is 19.2. The molecule has 3 aliphatic rings. The summed E-state index contributed by atoms with van der Waals surface area (Å²) in [7, 11) is 1.70. The molecule has 32 heavy (non-hydrogen) atoms. The van der Waals surface area contributed by atoms with Crippen molar-refractivity contribution >= 4 is 16.7 Å². The van der Waals surface area contributed by atoms with Gasteiger partial charge in [-0.15, -0.1) is 0 Å². The minimum Gasteiger partial charge on any atom is -0.493 e. The maximum Gasteiger partial charge on any atom is 0.163 e. The highest BCUT2D eigenvalue weighted by Gasteiger charge is 2.28. The summed E-state index contributed by atoms with van der Waals surface area (Å²) in [6.45, 7) is 9.19. The molecule has 1 aliphatic carbocycles. The standard InChI is InChI=1S/C24H36N6O2/c1-31-21-15-19-20(16-22(21)32-14-4-11-29-9-2-3-10-29)27-23(18-5-6-18)28-24(19)26-17-30-12-7-25-8-13-30/h15-16,18,25H,2-14,17H2,1H3,(H,26,27,28). The maximum atomic E-state index is 6.16. The highest BCUT2D eigenvalue weighted by Crippen LogP contribution is 2.41. The average Bonchev–Trinajstić information content (AvgIpc) is 3.56. The van der Waals surface area contributed by atoms with Crippen LogP contribution >= 0.6 is 0 Å². The fourth-order valence-electron chi connectivity index (χ4n) is 4.62. The number of hydrogen-bond acceptors (Lipinski definition) is 8. The minimum absolute atomic E-state index is 0.492. The number of anilines is 1. The molecule has 2 N–H and O–H groups in total. The van der Waals surface area contributed by atoms with Gasteiger partial charge in [0.15, 0.2) is 11.5 Å². The van der Waals surface area contributed by atoms with Gasteiger partial charge in [-0.25, -0.2) is 9.97 Å². The van der Waals surface area contributed by atoms with Crippen molar-refractivity contribution in [2.75, 3.05) is 71.5 Å². The Kier molecular flexibility index (Phi) is 6.90. The number of nitrogens with one attached hydrogen (secondary N) is 2. The molecule has 2 aliphatic heterocycles. The van der Waals surface area contributed by atoms with E-state index in [1.54, 1.807) is 7.11 Å². The first-order chi connectivity index (χ1) is 15.8. The number of hydrogen-bond donors (Lipinski definition) is 2. The zero-order valence-corrected chi connectivity index (χ0v) is 19.2. The van der Waals surface area contributed by atoms with E-state index in [2.05, 4.69) is 20.4 Å². The van der Waals surface area contributed by atoms with Gasteiger partial charge >= 0.3 is 0 Å². The lowest BCUT2D eigenvalue weighted by Crippen LogP contribution is -2.45. The summed E-state index contributed by atoms with van der Waals surface area (Å²) in [6, 6.07) is 4.06. The highest BCUT2D eigenvalue weighted by atomic mass is 16.5. The molecule has 0 spiro atoms. The Bertz CT molecular complexity index is 907. The van der Waals surface area contributed by atoms with Gasteiger partial charge in [0.25, 0.3) is 0 Å². The molecule has 1 saturated carbocycles. The third-order valence-electron chi connectivity index (χ3n) is 6.70. The van der Waals surface area contributed by atoms with Crippen LogP contribution in [0.5, 0.6) is 11.5 Å². The van der Waals surface area contributed by atoms with Crippen LogP contribution in [0.2, 0.25) is 0 Å². The summed E-state index contributed by atoms with van der Waals surface area (Å²) < 4.78 is 11.8. The zero-order chi connectivity index (χ0) is 21.8. The monoisotopic (exact) mass is 440 g/mol.